The van der Waals surface area contributed by atoms with E-state index < -0.39 is 9.05 Å². The molecule has 0 bridgehead atoms. The monoisotopic (exact) mass is 198 g/mol. The first kappa shape index (κ1) is 9.29. The van der Waals surface area contributed by atoms with Gasteiger partial charge in [-0.05, 0) is 6.42 Å². The zero-order valence-electron chi connectivity index (χ0n) is 6.34. The first-order valence-corrected chi connectivity index (χ1v) is 5.89. The summed E-state index contributed by atoms with van der Waals surface area (Å²) in [5.41, 5.74) is -0.263. The van der Waals surface area contributed by atoms with E-state index >= 15 is 0 Å². The topological polar surface area (TPSA) is 43.4 Å². The van der Waals surface area contributed by atoms with E-state index in [2.05, 4.69) is 0 Å². The fraction of sp³-hybridized carbons (Fsp3) is 1.00. The number of hydrogen-bond acceptors (Lipinski definition) is 3. The number of ether oxygens (including phenoxy) is 1. The molecule has 1 saturated heterocycles. The van der Waals surface area contributed by atoms with Crippen LogP contribution in [-0.2, 0) is 13.8 Å². The lowest BCUT2D eigenvalue weighted by molar-refractivity contribution is 0.167. The molecule has 3 nitrogen and oxygen atoms in total. The van der Waals surface area contributed by atoms with Crippen LogP contribution in [0.1, 0.15) is 13.3 Å². The van der Waals surface area contributed by atoms with Gasteiger partial charge >= 0.3 is 0 Å². The fourth-order valence-corrected chi connectivity index (χ4v) is 3.09. The zero-order chi connectivity index (χ0) is 8.54. The van der Waals surface area contributed by atoms with Gasteiger partial charge in [0.1, 0.15) is 0 Å². The predicted molar refractivity (Wildman–Crippen MR) is 43.2 cm³/mol. The first-order chi connectivity index (χ1) is 4.91. The lowest BCUT2D eigenvalue weighted by Gasteiger charge is -2.18. The van der Waals surface area contributed by atoms with Gasteiger partial charge in [0.2, 0.25) is 9.05 Å². The van der Waals surface area contributed by atoms with Crippen LogP contribution in [0.4, 0.5) is 0 Å². The molecule has 0 spiro atoms. The van der Waals surface area contributed by atoms with Crippen LogP contribution in [0.3, 0.4) is 0 Å². The highest BCUT2D eigenvalue weighted by molar-refractivity contribution is 8.13. The average Bonchev–Trinajstić information content (AvgIpc) is 2.09. The Kier molecular flexibility index (Phi) is 2.46. The Balaban J connectivity index is 2.60. The predicted octanol–water partition coefficient (Wildman–Crippen LogP) is 0.982. The van der Waals surface area contributed by atoms with Gasteiger partial charge in [-0.25, -0.2) is 8.42 Å². The lowest BCUT2D eigenvalue weighted by atomic mass is 9.93. The van der Waals surface area contributed by atoms with E-state index in [1.165, 1.54) is 0 Å². The molecule has 66 valence electrons. The molecule has 1 aliphatic rings. The second kappa shape index (κ2) is 2.92. The molecule has 1 rings (SSSR count). The van der Waals surface area contributed by atoms with Crippen LogP contribution in [0, 0.1) is 5.41 Å². The van der Waals surface area contributed by atoms with Crippen molar-refractivity contribution in [1.82, 2.24) is 0 Å². The summed E-state index contributed by atoms with van der Waals surface area (Å²) in [6.07, 6.45) is 0.777. The molecular formula is C6H11ClO3S. The van der Waals surface area contributed by atoms with Crippen LogP contribution in [0.25, 0.3) is 0 Å². The number of hydrogen-bond donors (Lipinski definition) is 0. The van der Waals surface area contributed by atoms with Crippen LogP contribution < -0.4 is 0 Å². The second-order valence-corrected chi connectivity index (χ2v) is 6.07. The van der Waals surface area contributed by atoms with E-state index in [-0.39, 0.29) is 11.2 Å². The molecule has 0 aromatic rings. The Morgan fingerprint density at radius 3 is 2.64 bits per heavy atom. The summed E-state index contributed by atoms with van der Waals surface area (Å²) in [7, 11) is 1.75. The number of halogens is 1. The van der Waals surface area contributed by atoms with Crippen LogP contribution in [-0.4, -0.2) is 27.4 Å². The quantitative estimate of drug-likeness (QED) is 0.622. The highest BCUT2D eigenvalue weighted by Gasteiger charge is 2.33. The molecule has 0 aromatic carbocycles. The van der Waals surface area contributed by atoms with E-state index in [4.69, 9.17) is 15.4 Å². The Morgan fingerprint density at radius 1 is 1.64 bits per heavy atom. The SMILES string of the molecule is CC1(CS(=O)(=O)Cl)CCOC1. The standard InChI is InChI=1S/C6H11ClO3S/c1-6(2-3-10-4-6)5-11(7,8)9/h2-5H2,1H3. The highest BCUT2D eigenvalue weighted by Crippen LogP contribution is 2.30. The molecule has 1 fully saturated rings. The van der Waals surface area contributed by atoms with Crippen molar-refractivity contribution in [2.45, 2.75) is 13.3 Å². The van der Waals surface area contributed by atoms with Crippen molar-refractivity contribution in [3.8, 4) is 0 Å². The van der Waals surface area contributed by atoms with Crippen molar-refractivity contribution >= 4 is 19.7 Å². The van der Waals surface area contributed by atoms with Crippen molar-refractivity contribution in [3.63, 3.8) is 0 Å². The molecule has 1 aliphatic heterocycles. The summed E-state index contributed by atoms with van der Waals surface area (Å²) in [5, 5.41) is 0. The molecule has 5 heteroatoms. The average molecular weight is 199 g/mol. The molecule has 0 amide bonds. The summed E-state index contributed by atoms with van der Waals surface area (Å²) in [6.45, 7) is 3.02. The maximum Gasteiger partial charge on any atom is 0.233 e. The Labute approximate surface area is 71.1 Å². The highest BCUT2D eigenvalue weighted by atomic mass is 35.7. The van der Waals surface area contributed by atoms with Gasteiger partial charge in [0.15, 0.2) is 0 Å². The van der Waals surface area contributed by atoms with Crippen molar-refractivity contribution in [2.24, 2.45) is 5.41 Å². The van der Waals surface area contributed by atoms with Crippen molar-refractivity contribution in [2.75, 3.05) is 19.0 Å². The third-order valence-electron chi connectivity index (χ3n) is 1.82. The summed E-state index contributed by atoms with van der Waals surface area (Å²) in [6, 6.07) is 0. The summed E-state index contributed by atoms with van der Waals surface area (Å²) in [4.78, 5) is 0. The van der Waals surface area contributed by atoms with E-state index in [0.717, 1.165) is 6.42 Å². The van der Waals surface area contributed by atoms with Gasteiger partial charge in [0.25, 0.3) is 0 Å². The normalized spacial score (nSPS) is 32.5. The van der Waals surface area contributed by atoms with Crippen molar-refractivity contribution in [3.05, 3.63) is 0 Å². The minimum Gasteiger partial charge on any atom is -0.381 e. The van der Waals surface area contributed by atoms with E-state index in [1.807, 2.05) is 6.92 Å². The maximum atomic E-state index is 10.7. The van der Waals surface area contributed by atoms with Gasteiger partial charge in [-0.3, -0.25) is 0 Å². The molecule has 1 heterocycles. The van der Waals surface area contributed by atoms with Gasteiger partial charge in [-0.1, -0.05) is 6.92 Å². The van der Waals surface area contributed by atoms with Crippen molar-refractivity contribution < 1.29 is 13.2 Å². The molecular weight excluding hydrogens is 188 g/mol. The molecule has 0 aromatic heterocycles. The fourth-order valence-electron chi connectivity index (χ4n) is 1.24. The van der Waals surface area contributed by atoms with Crippen LogP contribution in [0.15, 0.2) is 0 Å². The zero-order valence-corrected chi connectivity index (χ0v) is 7.91. The largest absolute Gasteiger partial charge is 0.381 e. The van der Waals surface area contributed by atoms with Gasteiger partial charge in [0.05, 0.1) is 12.4 Å². The lowest BCUT2D eigenvalue weighted by Crippen LogP contribution is -2.24. The Morgan fingerprint density at radius 2 is 2.27 bits per heavy atom. The summed E-state index contributed by atoms with van der Waals surface area (Å²) < 4.78 is 26.5. The molecule has 0 saturated carbocycles. The minimum absolute atomic E-state index is 0.0154. The first-order valence-electron chi connectivity index (χ1n) is 3.41. The summed E-state index contributed by atoms with van der Waals surface area (Å²) in [5.74, 6) is 0.0154. The van der Waals surface area contributed by atoms with E-state index in [0.29, 0.717) is 13.2 Å². The third-order valence-corrected chi connectivity index (χ3v) is 3.19. The van der Waals surface area contributed by atoms with Gasteiger partial charge < -0.3 is 4.74 Å². The molecule has 11 heavy (non-hydrogen) atoms. The molecule has 1 unspecified atom stereocenters. The summed E-state index contributed by atoms with van der Waals surface area (Å²) >= 11 is 0. The van der Waals surface area contributed by atoms with Gasteiger partial charge in [-0.15, -0.1) is 0 Å². The maximum absolute atomic E-state index is 10.7. The van der Waals surface area contributed by atoms with Gasteiger partial charge in [-0.2, -0.15) is 0 Å². The smallest absolute Gasteiger partial charge is 0.233 e. The van der Waals surface area contributed by atoms with Crippen LogP contribution in [0.5, 0.6) is 0 Å². The van der Waals surface area contributed by atoms with Crippen LogP contribution in [0.2, 0.25) is 0 Å². The van der Waals surface area contributed by atoms with Gasteiger partial charge in [0, 0.05) is 22.7 Å². The Bertz CT molecular complexity index is 228. The molecule has 0 radical (unpaired) electrons. The molecule has 1 atom stereocenters. The van der Waals surface area contributed by atoms with Crippen LogP contribution >= 0.6 is 10.7 Å². The van der Waals surface area contributed by atoms with Crippen molar-refractivity contribution in [1.29, 1.82) is 0 Å². The third kappa shape index (κ3) is 2.97. The van der Waals surface area contributed by atoms with E-state index in [9.17, 15) is 8.42 Å². The number of rotatable bonds is 2. The minimum atomic E-state index is -3.37. The Hall–Kier alpha value is 0.200. The molecule has 0 N–H and O–H groups in total. The molecule has 0 aliphatic carbocycles. The second-order valence-electron chi connectivity index (χ2n) is 3.30. The van der Waals surface area contributed by atoms with E-state index in [1.54, 1.807) is 0 Å².